The summed E-state index contributed by atoms with van der Waals surface area (Å²) in [6, 6.07) is 73.3. The van der Waals surface area contributed by atoms with E-state index in [-0.39, 0.29) is 0 Å². The monoisotopic (exact) mass is 735 g/mol. The number of fused-ring (bicyclic) bond motifs is 8. The van der Waals surface area contributed by atoms with Crippen LogP contribution in [0.4, 0.5) is 17.1 Å². The minimum Gasteiger partial charge on any atom is -0.310 e. The van der Waals surface area contributed by atoms with Crippen molar-refractivity contribution < 1.29 is 0 Å². The molecule has 258 valence electrons. The van der Waals surface area contributed by atoms with Crippen LogP contribution in [0.5, 0.6) is 0 Å². The molecule has 0 aliphatic rings. The Hall–Kier alpha value is -6.52. The highest BCUT2D eigenvalue weighted by Gasteiger charge is 2.16. The van der Waals surface area contributed by atoms with Gasteiger partial charge in [-0.15, -0.1) is 22.7 Å². The lowest BCUT2D eigenvalue weighted by atomic mass is 10.0. The van der Waals surface area contributed by atoms with Gasteiger partial charge in [0, 0.05) is 57.4 Å². The number of hydrogen-bond acceptors (Lipinski definition) is 3. The summed E-state index contributed by atoms with van der Waals surface area (Å²) in [7, 11) is 0. The highest BCUT2D eigenvalue weighted by molar-refractivity contribution is 7.27. The molecule has 0 N–H and O–H groups in total. The first-order chi connectivity index (χ1) is 27.2. The maximum atomic E-state index is 2.38. The smallest absolute Gasteiger partial charge is 0.0467 e. The number of hydrogen-bond donors (Lipinski definition) is 0. The van der Waals surface area contributed by atoms with Crippen molar-refractivity contribution in [1.82, 2.24) is 0 Å². The van der Waals surface area contributed by atoms with E-state index in [1.165, 1.54) is 84.5 Å². The van der Waals surface area contributed by atoms with Crippen molar-refractivity contribution in [3.8, 4) is 33.4 Å². The van der Waals surface area contributed by atoms with Crippen LogP contribution in [-0.4, -0.2) is 0 Å². The van der Waals surface area contributed by atoms with E-state index >= 15 is 0 Å². The molecular weight excluding hydrogens is 703 g/mol. The van der Waals surface area contributed by atoms with Gasteiger partial charge in [-0.05, 0) is 92.7 Å². The number of nitrogens with zero attached hydrogens (tertiary/aromatic N) is 1. The first-order valence-corrected chi connectivity index (χ1v) is 20.3. The Morgan fingerprint density at radius 2 is 0.855 bits per heavy atom. The predicted molar refractivity (Wildman–Crippen MR) is 241 cm³/mol. The van der Waals surface area contributed by atoms with E-state index in [4.69, 9.17) is 0 Å². The van der Waals surface area contributed by atoms with Gasteiger partial charge in [-0.2, -0.15) is 0 Å². The molecule has 2 aromatic heterocycles. The second-order valence-corrected chi connectivity index (χ2v) is 16.2. The van der Waals surface area contributed by atoms with Gasteiger partial charge in [0.05, 0.1) is 0 Å². The van der Waals surface area contributed by atoms with Crippen LogP contribution in [0.15, 0.2) is 200 Å². The SMILES string of the molecule is c1ccc(-c2cccc(N(c3ccc(-c4ccc5c(c4)sc4c6ccccc6ccc54)cc3)c3ccc(-c4cccc5c4sc4ccccc45)cc3)c2)cc1. The molecule has 0 radical (unpaired) electrons. The van der Waals surface area contributed by atoms with Crippen molar-refractivity contribution in [3.05, 3.63) is 200 Å². The van der Waals surface area contributed by atoms with Crippen LogP contribution in [0, 0.1) is 0 Å². The summed E-state index contributed by atoms with van der Waals surface area (Å²) < 4.78 is 5.34. The molecule has 0 saturated heterocycles. The first-order valence-electron chi connectivity index (χ1n) is 18.7. The Kier molecular flexibility index (Phi) is 7.61. The van der Waals surface area contributed by atoms with Crippen molar-refractivity contribution in [2.24, 2.45) is 0 Å². The summed E-state index contributed by atoms with van der Waals surface area (Å²) in [6.45, 7) is 0. The molecule has 0 aliphatic heterocycles. The van der Waals surface area contributed by atoms with Crippen molar-refractivity contribution in [1.29, 1.82) is 0 Å². The Bertz CT molecular complexity index is 3190. The molecule has 0 bridgehead atoms. The fourth-order valence-electron chi connectivity index (χ4n) is 8.15. The molecule has 0 aliphatic carbocycles. The lowest BCUT2D eigenvalue weighted by Crippen LogP contribution is -2.10. The Morgan fingerprint density at radius 1 is 0.291 bits per heavy atom. The second-order valence-electron chi connectivity index (χ2n) is 14.1. The van der Waals surface area contributed by atoms with Gasteiger partial charge in [0.2, 0.25) is 0 Å². The van der Waals surface area contributed by atoms with Crippen LogP contribution in [0.25, 0.3) is 84.5 Å². The zero-order valence-electron chi connectivity index (χ0n) is 29.8. The predicted octanol–water partition coefficient (Wildman–Crippen LogP) is 16.0. The molecule has 2 heterocycles. The van der Waals surface area contributed by atoms with E-state index in [0.717, 1.165) is 17.1 Å². The molecular formula is C52H33NS2. The van der Waals surface area contributed by atoms with Crippen molar-refractivity contribution in [3.63, 3.8) is 0 Å². The van der Waals surface area contributed by atoms with Crippen LogP contribution in [0.2, 0.25) is 0 Å². The Balaban J connectivity index is 0.989. The van der Waals surface area contributed by atoms with Gasteiger partial charge in [-0.25, -0.2) is 0 Å². The molecule has 0 saturated carbocycles. The molecule has 3 heteroatoms. The van der Waals surface area contributed by atoms with E-state index in [0.29, 0.717) is 0 Å². The van der Waals surface area contributed by atoms with Gasteiger partial charge in [0.1, 0.15) is 0 Å². The van der Waals surface area contributed by atoms with E-state index in [1.54, 1.807) is 0 Å². The number of anilines is 3. The van der Waals surface area contributed by atoms with Crippen molar-refractivity contribution >= 4 is 90.9 Å². The molecule has 1 nitrogen and oxygen atoms in total. The quantitative estimate of drug-likeness (QED) is 0.164. The first kappa shape index (κ1) is 32.0. The Labute approximate surface area is 327 Å². The summed E-state index contributed by atoms with van der Waals surface area (Å²) in [4.78, 5) is 2.38. The molecule has 11 aromatic rings. The average molecular weight is 736 g/mol. The van der Waals surface area contributed by atoms with E-state index in [9.17, 15) is 0 Å². The Morgan fingerprint density at radius 3 is 1.69 bits per heavy atom. The van der Waals surface area contributed by atoms with Crippen LogP contribution in [0.1, 0.15) is 0 Å². The minimum atomic E-state index is 1.11. The summed E-state index contributed by atoms with van der Waals surface area (Å²) in [5.41, 5.74) is 10.7. The normalized spacial score (nSPS) is 11.6. The van der Waals surface area contributed by atoms with Crippen LogP contribution < -0.4 is 4.90 Å². The highest BCUT2D eigenvalue weighted by Crippen LogP contribution is 2.43. The molecule has 0 atom stereocenters. The maximum absolute atomic E-state index is 2.38. The largest absolute Gasteiger partial charge is 0.310 e. The van der Waals surface area contributed by atoms with Gasteiger partial charge < -0.3 is 4.90 Å². The van der Waals surface area contributed by atoms with Gasteiger partial charge in [-0.3, -0.25) is 0 Å². The third-order valence-electron chi connectivity index (χ3n) is 10.9. The van der Waals surface area contributed by atoms with E-state index in [2.05, 4.69) is 205 Å². The summed E-state index contributed by atoms with van der Waals surface area (Å²) in [6.07, 6.45) is 0. The fraction of sp³-hybridized carbons (Fsp3) is 0. The molecule has 11 rings (SSSR count). The van der Waals surface area contributed by atoms with Crippen molar-refractivity contribution in [2.45, 2.75) is 0 Å². The van der Waals surface area contributed by atoms with Gasteiger partial charge in [-0.1, -0.05) is 152 Å². The molecule has 0 unspecified atom stereocenters. The minimum absolute atomic E-state index is 1.11. The lowest BCUT2D eigenvalue weighted by molar-refractivity contribution is 1.28. The zero-order valence-corrected chi connectivity index (χ0v) is 31.4. The van der Waals surface area contributed by atoms with Gasteiger partial charge in [0.25, 0.3) is 0 Å². The van der Waals surface area contributed by atoms with E-state index < -0.39 is 0 Å². The lowest BCUT2D eigenvalue weighted by Gasteiger charge is -2.26. The summed E-state index contributed by atoms with van der Waals surface area (Å²) in [5.74, 6) is 0. The third-order valence-corrected chi connectivity index (χ3v) is 13.3. The number of thiophene rings is 2. The third kappa shape index (κ3) is 5.51. The van der Waals surface area contributed by atoms with E-state index in [1.807, 2.05) is 22.7 Å². The topological polar surface area (TPSA) is 3.24 Å². The van der Waals surface area contributed by atoms with Crippen LogP contribution >= 0.6 is 22.7 Å². The molecule has 0 amide bonds. The maximum Gasteiger partial charge on any atom is 0.0467 e. The second kappa shape index (κ2) is 13.1. The van der Waals surface area contributed by atoms with Crippen LogP contribution in [0.3, 0.4) is 0 Å². The molecule has 9 aromatic carbocycles. The van der Waals surface area contributed by atoms with Crippen LogP contribution in [-0.2, 0) is 0 Å². The van der Waals surface area contributed by atoms with Crippen molar-refractivity contribution in [2.75, 3.05) is 4.90 Å². The average Bonchev–Trinajstić information content (AvgIpc) is 3.83. The molecule has 55 heavy (non-hydrogen) atoms. The van der Waals surface area contributed by atoms with Gasteiger partial charge >= 0.3 is 0 Å². The summed E-state index contributed by atoms with van der Waals surface area (Å²) in [5, 5.41) is 7.92. The highest BCUT2D eigenvalue weighted by atomic mass is 32.1. The number of rotatable bonds is 6. The summed E-state index contributed by atoms with van der Waals surface area (Å²) >= 11 is 3.77. The standard InChI is InChI=1S/C52H33NS2/c1-2-10-34(11-3-1)38-13-8-14-42(32-38)53(41-28-22-37(23-29-41)44-17-9-18-47-45-16-6-7-19-49(45)54-51(44)47)40-26-20-35(21-27-40)39-25-30-46-48-31-24-36-12-4-5-15-43(36)52(48)55-50(46)33-39/h1-33H. The molecule has 0 spiro atoms. The zero-order chi connectivity index (χ0) is 36.3. The molecule has 0 fully saturated rings. The number of benzene rings is 9. The fourth-order valence-corrected chi connectivity index (χ4v) is 10.7. The van der Waals surface area contributed by atoms with Gasteiger partial charge in [0.15, 0.2) is 0 Å².